The van der Waals surface area contributed by atoms with E-state index in [1.54, 1.807) is 20.8 Å². The molecule has 1 rings (SSSR count). The number of hydrogen-bond acceptors (Lipinski definition) is 3. The smallest absolute Gasteiger partial charge is 0.397 e. The summed E-state index contributed by atoms with van der Waals surface area (Å²) in [7, 11) is 0. The van der Waals surface area contributed by atoms with E-state index in [2.05, 4.69) is 5.32 Å². The number of ether oxygens (including phenoxy) is 1. The van der Waals surface area contributed by atoms with E-state index in [1.807, 2.05) is 31.2 Å². The lowest BCUT2D eigenvalue weighted by Gasteiger charge is -2.18. The van der Waals surface area contributed by atoms with Crippen molar-refractivity contribution in [1.29, 1.82) is 0 Å². The van der Waals surface area contributed by atoms with Crippen molar-refractivity contribution in [1.82, 2.24) is 5.32 Å². The molecule has 0 saturated heterocycles. The number of benzene rings is 1. The summed E-state index contributed by atoms with van der Waals surface area (Å²) < 4.78 is 4.96. The first-order chi connectivity index (χ1) is 8.28. The van der Waals surface area contributed by atoms with Gasteiger partial charge in [-0.2, -0.15) is 0 Å². The van der Waals surface area contributed by atoms with E-state index in [9.17, 15) is 9.59 Å². The van der Waals surface area contributed by atoms with Gasteiger partial charge < -0.3 is 10.1 Å². The van der Waals surface area contributed by atoms with E-state index < -0.39 is 17.5 Å². The summed E-state index contributed by atoms with van der Waals surface area (Å²) in [6.07, 6.45) is 0. The van der Waals surface area contributed by atoms with Gasteiger partial charge >= 0.3 is 11.9 Å². The van der Waals surface area contributed by atoms with E-state index in [4.69, 9.17) is 4.74 Å². The predicted molar refractivity (Wildman–Crippen MR) is 68.9 cm³/mol. The highest BCUT2D eigenvalue weighted by molar-refractivity contribution is 6.32. The van der Waals surface area contributed by atoms with Crippen LogP contribution in [-0.2, 0) is 20.9 Å². The second-order valence-electron chi connectivity index (χ2n) is 5.17. The van der Waals surface area contributed by atoms with Crippen LogP contribution in [-0.4, -0.2) is 17.5 Å². The Morgan fingerprint density at radius 3 is 2.50 bits per heavy atom. The van der Waals surface area contributed by atoms with Crippen molar-refractivity contribution >= 4 is 11.9 Å². The average molecular weight is 249 g/mol. The number of rotatable bonds is 2. The zero-order chi connectivity index (χ0) is 13.8. The Morgan fingerprint density at radius 1 is 1.28 bits per heavy atom. The Morgan fingerprint density at radius 2 is 1.94 bits per heavy atom. The second-order valence-corrected chi connectivity index (χ2v) is 5.17. The number of hydrogen-bond donors (Lipinski definition) is 1. The average Bonchev–Trinajstić information content (AvgIpc) is 2.23. The van der Waals surface area contributed by atoms with Crippen molar-refractivity contribution in [2.45, 2.75) is 39.8 Å². The first-order valence-corrected chi connectivity index (χ1v) is 5.84. The molecule has 18 heavy (non-hydrogen) atoms. The van der Waals surface area contributed by atoms with Crippen LogP contribution in [0.4, 0.5) is 0 Å². The van der Waals surface area contributed by atoms with Crippen LogP contribution in [0, 0.1) is 6.92 Å². The Hall–Kier alpha value is -1.84. The van der Waals surface area contributed by atoms with E-state index in [1.165, 1.54) is 0 Å². The molecule has 0 aromatic heterocycles. The summed E-state index contributed by atoms with van der Waals surface area (Å²) in [4.78, 5) is 22.9. The van der Waals surface area contributed by atoms with Gasteiger partial charge in [0.1, 0.15) is 5.60 Å². The van der Waals surface area contributed by atoms with E-state index >= 15 is 0 Å². The van der Waals surface area contributed by atoms with Crippen molar-refractivity contribution in [2.24, 2.45) is 0 Å². The van der Waals surface area contributed by atoms with Gasteiger partial charge in [0.15, 0.2) is 0 Å². The maximum atomic E-state index is 11.5. The highest BCUT2D eigenvalue weighted by Crippen LogP contribution is 2.07. The molecule has 1 amide bonds. The van der Waals surface area contributed by atoms with Crippen LogP contribution in [0.1, 0.15) is 31.9 Å². The van der Waals surface area contributed by atoms with Crippen LogP contribution in [0.5, 0.6) is 0 Å². The van der Waals surface area contributed by atoms with Crippen LogP contribution in [0.3, 0.4) is 0 Å². The quantitative estimate of drug-likeness (QED) is 0.644. The normalized spacial score (nSPS) is 10.9. The highest BCUT2D eigenvalue weighted by Gasteiger charge is 2.22. The second kappa shape index (κ2) is 5.67. The van der Waals surface area contributed by atoms with Crippen molar-refractivity contribution in [3.8, 4) is 0 Å². The molecule has 0 unspecified atom stereocenters. The molecule has 0 saturated carbocycles. The Kier molecular flexibility index (Phi) is 4.48. The molecule has 1 N–H and O–H groups in total. The molecule has 4 nitrogen and oxygen atoms in total. The zero-order valence-electron chi connectivity index (χ0n) is 11.2. The number of carbonyl (C=O) groups excluding carboxylic acids is 2. The summed E-state index contributed by atoms with van der Waals surface area (Å²) in [5.74, 6) is -1.57. The predicted octanol–water partition coefficient (Wildman–Crippen LogP) is 1.95. The van der Waals surface area contributed by atoms with Gasteiger partial charge in [0, 0.05) is 6.54 Å². The first-order valence-electron chi connectivity index (χ1n) is 5.84. The van der Waals surface area contributed by atoms with Crippen molar-refractivity contribution in [3.63, 3.8) is 0 Å². The number of esters is 1. The number of nitrogens with one attached hydrogen (secondary N) is 1. The molecule has 0 bridgehead atoms. The first kappa shape index (κ1) is 14.2. The minimum atomic E-state index is -0.852. The van der Waals surface area contributed by atoms with Gasteiger partial charge in [0.25, 0.3) is 0 Å². The lowest BCUT2D eigenvalue weighted by atomic mass is 10.1. The summed E-state index contributed by atoms with van der Waals surface area (Å²) in [5.41, 5.74) is 1.41. The lowest BCUT2D eigenvalue weighted by molar-refractivity contribution is -0.163. The topological polar surface area (TPSA) is 55.4 Å². The molecule has 0 aliphatic carbocycles. The molecule has 1 aromatic carbocycles. The van der Waals surface area contributed by atoms with Crippen LogP contribution in [0.15, 0.2) is 24.3 Å². The molecule has 0 fully saturated rings. The van der Waals surface area contributed by atoms with E-state index in [-0.39, 0.29) is 0 Å². The molecule has 0 aliphatic rings. The SMILES string of the molecule is Cc1cccc(CNC(=O)C(=O)OC(C)(C)C)c1. The van der Waals surface area contributed by atoms with Gasteiger partial charge in [-0.25, -0.2) is 4.79 Å². The van der Waals surface area contributed by atoms with Gasteiger partial charge in [-0.05, 0) is 33.3 Å². The number of amides is 1. The summed E-state index contributed by atoms with van der Waals surface area (Å²) in [6.45, 7) is 7.45. The fraction of sp³-hybridized carbons (Fsp3) is 0.429. The minimum Gasteiger partial charge on any atom is -0.453 e. The van der Waals surface area contributed by atoms with Crippen LogP contribution < -0.4 is 5.32 Å². The molecule has 0 aliphatic heterocycles. The van der Waals surface area contributed by atoms with Crippen LogP contribution in [0.25, 0.3) is 0 Å². The maximum Gasteiger partial charge on any atom is 0.397 e. The molecular weight excluding hydrogens is 230 g/mol. The molecular formula is C14H19NO3. The third kappa shape index (κ3) is 4.99. The summed E-state index contributed by atoms with van der Waals surface area (Å²) >= 11 is 0. The minimum absolute atomic E-state index is 0.319. The molecule has 0 heterocycles. The maximum absolute atomic E-state index is 11.5. The summed E-state index contributed by atoms with van der Waals surface area (Å²) in [5, 5.41) is 2.54. The molecule has 0 spiro atoms. The van der Waals surface area contributed by atoms with Gasteiger partial charge in [0.05, 0.1) is 0 Å². The van der Waals surface area contributed by atoms with E-state index in [0.29, 0.717) is 6.54 Å². The molecule has 4 heteroatoms. The van der Waals surface area contributed by atoms with Crippen LogP contribution in [0.2, 0.25) is 0 Å². The standard InChI is InChI=1S/C14H19NO3/c1-10-6-5-7-11(8-10)9-15-12(16)13(17)18-14(2,3)4/h5-8H,9H2,1-4H3,(H,15,16). The van der Waals surface area contributed by atoms with Gasteiger partial charge in [-0.1, -0.05) is 29.8 Å². The molecule has 0 atom stereocenters. The Labute approximate surface area is 107 Å². The number of carbonyl (C=O) groups is 2. The summed E-state index contributed by atoms with van der Waals surface area (Å²) in [6, 6.07) is 7.72. The van der Waals surface area contributed by atoms with Crippen molar-refractivity contribution in [3.05, 3.63) is 35.4 Å². The van der Waals surface area contributed by atoms with E-state index in [0.717, 1.165) is 11.1 Å². The highest BCUT2D eigenvalue weighted by atomic mass is 16.6. The van der Waals surface area contributed by atoms with Crippen molar-refractivity contribution in [2.75, 3.05) is 0 Å². The third-order valence-electron chi connectivity index (χ3n) is 2.12. The molecule has 1 aromatic rings. The largest absolute Gasteiger partial charge is 0.453 e. The molecule has 98 valence electrons. The van der Waals surface area contributed by atoms with Gasteiger partial charge in [0.2, 0.25) is 0 Å². The Bertz CT molecular complexity index is 447. The number of aryl methyl sites for hydroxylation is 1. The van der Waals surface area contributed by atoms with Gasteiger partial charge in [-0.15, -0.1) is 0 Å². The zero-order valence-corrected chi connectivity index (χ0v) is 11.2. The van der Waals surface area contributed by atoms with Gasteiger partial charge in [-0.3, -0.25) is 4.79 Å². The fourth-order valence-corrected chi connectivity index (χ4v) is 1.40. The fourth-order valence-electron chi connectivity index (χ4n) is 1.40. The monoisotopic (exact) mass is 249 g/mol. The lowest BCUT2D eigenvalue weighted by Crippen LogP contribution is -2.36. The molecule has 0 radical (unpaired) electrons. The Balaban J connectivity index is 2.49. The van der Waals surface area contributed by atoms with Crippen LogP contribution >= 0.6 is 0 Å². The van der Waals surface area contributed by atoms with Crippen molar-refractivity contribution < 1.29 is 14.3 Å². The third-order valence-corrected chi connectivity index (χ3v) is 2.12.